The van der Waals surface area contributed by atoms with Gasteiger partial charge in [0.15, 0.2) is 0 Å². The van der Waals surface area contributed by atoms with E-state index >= 15 is 0 Å². The zero-order valence-corrected chi connectivity index (χ0v) is 12.6. The van der Waals surface area contributed by atoms with Crippen molar-refractivity contribution < 1.29 is 9.32 Å². The molecule has 0 unspecified atom stereocenters. The van der Waals surface area contributed by atoms with Gasteiger partial charge in [-0.25, -0.2) is 0 Å². The molecule has 0 radical (unpaired) electrons. The van der Waals surface area contributed by atoms with E-state index in [9.17, 15) is 4.79 Å². The van der Waals surface area contributed by atoms with Crippen LogP contribution in [0.2, 0.25) is 0 Å². The maximum atomic E-state index is 12.9. The summed E-state index contributed by atoms with van der Waals surface area (Å²) in [4.78, 5) is 17.3. The maximum Gasteiger partial charge on any atom is 0.259 e. The van der Waals surface area contributed by atoms with Crippen LogP contribution in [0.15, 0.2) is 4.52 Å². The van der Waals surface area contributed by atoms with Gasteiger partial charge in [0.05, 0.1) is 5.69 Å². The summed E-state index contributed by atoms with van der Waals surface area (Å²) >= 11 is 0. The molecule has 0 spiro atoms. The SMILES string of the molecule is CCc1noc(C)c1C(=O)N1CCC[C@H]2CN(C)C[C@H]21. The molecule has 2 atom stereocenters. The molecule has 0 saturated carbocycles. The Hall–Kier alpha value is -1.36. The summed E-state index contributed by atoms with van der Waals surface area (Å²) in [5.74, 6) is 1.40. The lowest BCUT2D eigenvalue weighted by molar-refractivity contribution is 0.0569. The minimum absolute atomic E-state index is 0.116. The van der Waals surface area contributed by atoms with Gasteiger partial charge in [-0.05, 0) is 39.2 Å². The zero-order valence-electron chi connectivity index (χ0n) is 12.6. The van der Waals surface area contributed by atoms with Crippen LogP contribution in [-0.2, 0) is 6.42 Å². The summed E-state index contributed by atoms with van der Waals surface area (Å²) in [7, 11) is 2.14. The average Bonchev–Trinajstić information content (AvgIpc) is 2.99. The first-order valence-corrected chi connectivity index (χ1v) is 7.56. The average molecular weight is 277 g/mol. The number of fused-ring (bicyclic) bond motifs is 1. The molecular formula is C15H23N3O2. The van der Waals surface area contributed by atoms with Crippen LogP contribution in [-0.4, -0.2) is 53.6 Å². The predicted molar refractivity (Wildman–Crippen MR) is 75.7 cm³/mol. The highest BCUT2D eigenvalue weighted by Crippen LogP contribution is 2.31. The molecule has 0 bridgehead atoms. The Morgan fingerprint density at radius 3 is 3.00 bits per heavy atom. The molecule has 0 aliphatic carbocycles. The minimum Gasteiger partial charge on any atom is -0.361 e. The first-order valence-electron chi connectivity index (χ1n) is 7.56. The van der Waals surface area contributed by atoms with Crippen LogP contribution in [0.4, 0.5) is 0 Å². The molecule has 2 aliphatic rings. The predicted octanol–water partition coefficient (Wildman–Crippen LogP) is 1.71. The third kappa shape index (κ3) is 2.14. The number of carbonyl (C=O) groups is 1. The number of rotatable bonds is 2. The highest BCUT2D eigenvalue weighted by Gasteiger charge is 2.41. The van der Waals surface area contributed by atoms with Crippen LogP contribution in [0.3, 0.4) is 0 Å². The van der Waals surface area contributed by atoms with Gasteiger partial charge in [0.2, 0.25) is 0 Å². The van der Waals surface area contributed by atoms with Crippen LogP contribution in [0.1, 0.15) is 41.6 Å². The van der Waals surface area contributed by atoms with Gasteiger partial charge in [0, 0.05) is 25.7 Å². The molecule has 5 heteroatoms. The molecule has 2 saturated heterocycles. The number of aromatic nitrogens is 1. The van der Waals surface area contributed by atoms with E-state index in [0.717, 1.165) is 38.2 Å². The Kier molecular flexibility index (Phi) is 3.54. The van der Waals surface area contributed by atoms with Crippen molar-refractivity contribution in [1.29, 1.82) is 0 Å². The molecule has 20 heavy (non-hydrogen) atoms. The largest absolute Gasteiger partial charge is 0.361 e. The highest BCUT2D eigenvalue weighted by atomic mass is 16.5. The van der Waals surface area contributed by atoms with E-state index in [2.05, 4.69) is 22.0 Å². The van der Waals surface area contributed by atoms with Gasteiger partial charge >= 0.3 is 0 Å². The molecule has 2 aliphatic heterocycles. The van der Waals surface area contributed by atoms with E-state index in [-0.39, 0.29) is 5.91 Å². The fourth-order valence-electron chi connectivity index (χ4n) is 3.72. The van der Waals surface area contributed by atoms with Gasteiger partial charge in [-0.3, -0.25) is 4.79 Å². The molecule has 5 nitrogen and oxygen atoms in total. The Balaban J connectivity index is 1.88. The number of piperidine rings is 1. The smallest absolute Gasteiger partial charge is 0.259 e. The standard InChI is InChI=1S/C15H23N3O2/c1-4-12-14(10(2)20-16-12)15(19)18-7-5-6-11-8-17(3)9-13(11)18/h11,13H,4-9H2,1-3H3/t11-,13+/m0/s1. The minimum atomic E-state index is 0.116. The van der Waals surface area contributed by atoms with Gasteiger partial charge < -0.3 is 14.3 Å². The summed E-state index contributed by atoms with van der Waals surface area (Å²) in [6.07, 6.45) is 3.08. The van der Waals surface area contributed by atoms with Crippen LogP contribution in [0.5, 0.6) is 0 Å². The lowest BCUT2D eigenvalue weighted by Gasteiger charge is -2.37. The molecule has 2 fully saturated rings. The van der Waals surface area contributed by atoms with Crippen molar-refractivity contribution in [1.82, 2.24) is 15.0 Å². The van der Waals surface area contributed by atoms with E-state index in [1.807, 2.05) is 13.8 Å². The number of hydrogen-bond acceptors (Lipinski definition) is 4. The van der Waals surface area contributed by atoms with E-state index in [1.165, 1.54) is 6.42 Å². The Bertz CT molecular complexity index is 511. The molecule has 1 amide bonds. The van der Waals surface area contributed by atoms with E-state index < -0.39 is 0 Å². The maximum absolute atomic E-state index is 12.9. The van der Waals surface area contributed by atoms with Gasteiger partial charge in [-0.1, -0.05) is 12.1 Å². The fraction of sp³-hybridized carbons (Fsp3) is 0.733. The molecule has 0 N–H and O–H groups in total. The first-order chi connectivity index (χ1) is 9.61. The van der Waals surface area contributed by atoms with E-state index in [4.69, 9.17) is 4.52 Å². The fourth-order valence-corrected chi connectivity index (χ4v) is 3.72. The van der Waals surface area contributed by atoms with Crippen LogP contribution in [0, 0.1) is 12.8 Å². The van der Waals surface area contributed by atoms with Crippen molar-refractivity contribution in [3.63, 3.8) is 0 Å². The number of amides is 1. The third-order valence-corrected chi connectivity index (χ3v) is 4.71. The second-order valence-corrected chi connectivity index (χ2v) is 6.10. The first kappa shape index (κ1) is 13.6. The monoisotopic (exact) mass is 277 g/mol. The van der Waals surface area contributed by atoms with Crippen molar-refractivity contribution in [2.75, 3.05) is 26.7 Å². The number of aryl methyl sites for hydroxylation is 2. The van der Waals surface area contributed by atoms with Crippen LogP contribution < -0.4 is 0 Å². The van der Waals surface area contributed by atoms with Crippen molar-refractivity contribution >= 4 is 5.91 Å². The highest BCUT2D eigenvalue weighted by molar-refractivity contribution is 5.96. The number of hydrogen-bond donors (Lipinski definition) is 0. The van der Waals surface area contributed by atoms with E-state index in [0.29, 0.717) is 23.3 Å². The number of carbonyl (C=O) groups excluding carboxylic acids is 1. The normalized spacial score (nSPS) is 26.9. The van der Waals surface area contributed by atoms with Gasteiger partial charge in [0.25, 0.3) is 5.91 Å². The van der Waals surface area contributed by atoms with Gasteiger partial charge in [0.1, 0.15) is 11.3 Å². The zero-order chi connectivity index (χ0) is 14.3. The summed E-state index contributed by atoms with van der Waals surface area (Å²) in [5, 5.41) is 4.02. The van der Waals surface area contributed by atoms with Crippen molar-refractivity contribution in [3.8, 4) is 0 Å². The number of nitrogens with zero attached hydrogens (tertiary/aromatic N) is 3. The Morgan fingerprint density at radius 2 is 2.25 bits per heavy atom. The quantitative estimate of drug-likeness (QED) is 0.826. The van der Waals surface area contributed by atoms with Crippen molar-refractivity contribution in [2.24, 2.45) is 5.92 Å². The van der Waals surface area contributed by atoms with Crippen molar-refractivity contribution in [2.45, 2.75) is 39.2 Å². The van der Waals surface area contributed by atoms with E-state index in [1.54, 1.807) is 0 Å². The van der Waals surface area contributed by atoms with Gasteiger partial charge in [-0.15, -0.1) is 0 Å². The molecule has 1 aromatic heterocycles. The second kappa shape index (κ2) is 5.20. The molecule has 110 valence electrons. The summed E-state index contributed by atoms with van der Waals surface area (Å²) in [6, 6.07) is 0.361. The lowest BCUT2D eigenvalue weighted by Crippen LogP contribution is -2.48. The van der Waals surface area contributed by atoms with Crippen LogP contribution >= 0.6 is 0 Å². The molecule has 3 heterocycles. The molecule has 3 rings (SSSR count). The lowest BCUT2D eigenvalue weighted by atomic mass is 9.91. The topological polar surface area (TPSA) is 49.6 Å². The van der Waals surface area contributed by atoms with Crippen LogP contribution in [0.25, 0.3) is 0 Å². The number of likely N-dealkylation sites (tertiary alicyclic amines) is 2. The summed E-state index contributed by atoms with van der Waals surface area (Å²) < 4.78 is 5.22. The Labute approximate surface area is 119 Å². The van der Waals surface area contributed by atoms with Gasteiger partial charge in [-0.2, -0.15) is 0 Å². The molecule has 1 aromatic rings. The second-order valence-electron chi connectivity index (χ2n) is 6.10. The van der Waals surface area contributed by atoms with Crippen molar-refractivity contribution in [3.05, 3.63) is 17.0 Å². The molecule has 0 aromatic carbocycles. The Morgan fingerprint density at radius 1 is 1.45 bits per heavy atom. The third-order valence-electron chi connectivity index (χ3n) is 4.71. The summed E-state index contributed by atoms with van der Waals surface area (Å²) in [6.45, 7) is 6.81. The number of likely N-dealkylation sites (N-methyl/N-ethyl adjacent to an activating group) is 1. The molecular weight excluding hydrogens is 254 g/mol. The summed E-state index contributed by atoms with van der Waals surface area (Å²) in [5.41, 5.74) is 1.49.